The molecular formula is C36H50N6O3S. The predicted molar refractivity (Wildman–Crippen MR) is 186 cm³/mol. The number of anilines is 2. The van der Waals surface area contributed by atoms with E-state index in [1.165, 1.54) is 66.4 Å². The molecule has 0 bridgehead atoms. The third-order valence-corrected chi connectivity index (χ3v) is 11.8. The number of ether oxygens (including phenoxy) is 1. The second-order valence-corrected chi connectivity index (χ2v) is 15.0. The number of fused-ring (bicyclic) bond motifs is 3. The first-order valence-corrected chi connectivity index (χ1v) is 18.8. The highest BCUT2D eigenvalue weighted by atomic mass is 32.2. The van der Waals surface area contributed by atoms with Crippen LogP contribution in [0.2, 0.25) is 0 Å². The fourth-order valence-corrected chi connectivity index (χ4v) is 9.15. The molecule has 4 aliphatic heterocycles. The molecule has 248 valence electrons. The van der Waals surface area contributed by atoms with Gasteiger partial charge in [-0.3, -0.25) is 4.90 Å². The summed E-state index contributed by atoms with van der Waals surface area (Å²) < 4.78 is 27.2. The Labute approximate surface area is 276 Å². The van der Waals surface area contributed by atoms with Crippen molar-refractivity contribution in [3.05, 3.63) is 53.2 Å². The van der Waals surface area contributed by atoms with E-state index in [-0.39, 0.29) is 11.5 Å². The lowest BCUT2D eigenvalue weighted by Gasteiger charge is -2.38. The van der Waals surface area contributed by atoms with Gasteiger partial charge in [-0.1, -0.05) is 44.2 Å². The van der Waals surface area contributed by atoms with Crippen LogP contribution in [0.1, 0.15) is 69.2 Å². The first kappa shape index (κ1) is 31.8. The van der Waals surface area contributed by atoms with Crippen molar-refractivity contribution in [2.75, 3.05) is 61.4 Å². The van der Waals surface area contributed by atoms with Gasteiger partial charge >= 0.3 is 6.01 Å². The molecule has 5 heterocycles. The van der Waals surface area contributed by atoms with Crippen LogP contribution in [0.4, 0.5) is 11.5 Å². The summed E-state index contributed by atoms with van der Waals surface area (Å²) in [4.78, 5) is 17.9. The van der Waals surface area contributed by atoms with E-state index >= 15 is 0 Å². The summed E-state index contributed by atoms with van der Waals surface area (Å²) in [6.45, 7) is 11.5. The standard InChI is InChI=1S/C36H50N6O3S/c1-3-27-9-4-10-28-11-5-13-32(33(27)28)40-20-14-30-31(23-40)38-35(45-25-36-15-7-18-42(36)19-8-16-36)39-34(30)41-17-6-12-29(22-41)37-21-26(2)24-46(43)44/h4-5,9-11,13,26,29,37H,3,6-8,12,14-25H2,1-2H3,(H,43,44). The first-order valence-electron chi connectivity index (χ1n) is 17.5. The molecular weight excluding hydrogens is 597 g/mol. The topological polar surface area (TPSA) is 94.1 Å². The van der Waals surface area contributed by atoms with E-state index in [9.17, 15) is 8.76 Å². The summed E-state index contributed by atoms with van der Waals surface area (Å²) in [6.07, 6.45) is 8.94. The molecule has 3 atom stereocenters. The van der Waals surface area contributed by atoms with Gasteiger partial charge in [-0.2, -0.15) is 9.97 Å². The molecule has 10 heteroatoms. The van der Waals surface area contributed by atoms with Crippen LogP contribution < -0.4 is 19.9 Å². The first-order chi connectivity index (χ1) is 22.4. The molecule has 7 rings (SSSR count). The summed E-state index contributed by atoms with van der Waals surface area (Å²) in [5.74, 6) is 1.48. The van der Waals surface area contributed by atoms with Crippen LogP contribution >= 0.6 is 0 Å². The fourth-order valence-electron chi connectivity index (χ4n) is 8.54. The van der Waals surface area contributed by atoms with Gasteiger partial charge < -0.3 is 24.4 Å². The zero-order valence-corrected chi connectivity index (χ0v) is 28.4. The van der Waals surface area contributed by atoms with Gasteiger partial charge in [0.05, 0.1) is 23.5 Å². The van der Waals surface area contributed by atoms with Gasteiger partial charge in [0.25, 0.3) is 0 Å². The zero-order chi connectivity index (χ0) is 31.7. The fraction of sp³-hybridized carbons (Fsp3) is 0.611. The normalized spacial score (nSPS) is 22.5. The molecule has 2 N–H and O–H groups in total. The molecule has 1 aromatic heterocycles. The SMILES string of the molecule is CCc1cccc2cccc(N3CCc4c(nc(OCC56CCCN5CCC6)nc4N4CCCC(NCC(C)CS(=O)O)C4)C3)c12. The minimum Gasteiger partial charge on any atom is -0.461 e. The molecule has 0 saturated carbocycles. The maximum absolute atomic E-state index is 11.3. The lowest BCUT2D eigenvalue weighted by Crippen LogP contribution is -2.48. The molecule has 3 saturated heterocycles. The predicted octanol–water partition coefficient (Wildman–Crippen LogP) is 5.18. The van der Waals surface area contributed by atoms with Crippen LogP contribution in [0, 0.1) is 5.92 Å². The van der Waals surface area contributed by atoms with E-state index in [4.69, 9.17) is 14.7 Å². The number of rotatable bonds is 11. The zero-order valence-electron chi connectivity index (χ0n) is 27.5. The van der Waals surface area contributed by atoms with Crippen molar-refractivity contribution in [3.8, 4) is 6.01 Å². The van der Waals surface area contributed by atoms with Crippen LogP contribution in [-0.4, -0.2) is 86.8 Å². The Balaban J connectivity index is 1.17. The van der Waals surface area contributed by atoms with E-state index in [1.54, 1.807) is 0 Å². The largest absolute Gasteiger partial charge is 0.461 e. The second kappa shape index (κ2) is 13.7. The molecule has 46 heavy (non-hydrogen) atoms. The van der Waals surface area contributed by atoms with E-state index < -0.39 is 11.1 Å². The van der Waals surface area contributed by atoms with Crippen LogP contribution in [0.5, 0.6) is 6.01 Å². The van der Waals surface area contributed by atoms with Gasteiger partial charge in [0, 0.05) is 42.3 Å². The molecule has 3 aromatic rings. The quantitative estimate of drug-likeness (QED) is 0.274. The van der Waals surface area contributed by atoms with Crippen molar-refractivity contribution >= 4 is 33.4 Å². The molecule has 0 aliphatic carbocycles. The maximum Gasteiger partial charge on any atom is 0.318 e. The van der Waals surface area contributed by atoms with E-state index in [0.29, 0.717) is 24.4 Å². The molecule has 4 aliphatic rings. The van der Waals surface area contributed by atoms with Gasteiger partial charge in [0.15, 0.2) is 11.1 Å². The molecule has 0 radical (unpaired) electrons. The molecule has 0 spiro atoms. The highest BCUT2D eigenvalue weighted by Gasteiger charge is 2.45. The Morgan fingerprint density at radius 1 is 1.07 bits per heavy atom. The molecule has 9 nitrogen and oxygen atoms in total. The average Bonchev–Trinajstić information content (AvgIpc) is 3.66. The highest BCUT2D eigenvalue weighted by molar-refractivity contribution is 7.79. The number of piperidine rings is 1. The minimum absolute atomic E-state index is 0.139. The lowest BCUT2D eigenvalue weighted by molar-refractivity contribution is 0.107. The van der Waals surface area contributed by atoms with Gasteiger partial charge in [-0.05, 0) is 93.9 Å². The molecule has 3 unspecified atom stereocenters. The lowest BCUT2D eigenvalue weighted by atomic mass is 9.95. The number of aryl methyl sites for hydroxylation is 1. The summed E-state index contributed by atoms with van der Waals surface area (Å²) in [5.41, 5.74) is 5.15. The van der Waals surface area contributed by atoms with Crippen LogP contribution in [-0.2, 0) is 30.5 Å². The number of nitrogens with one attached hydrogen (secondary N) is 1. The smallest absolute Gasteiger partial charge is 0.318 e. The van der Waals surface area contributed by atoms with Gasteiger partial charge in [-0.15, -0.1) is 0 Å². The second-order valence-electron chi connectivity index (χ2n) is 14.1. The van der Waals surface area contributed by atoms with E-state index in [0.717, 1.165) is 69.9 Å². The summed E-state index contributed by atoms with van der Waals surface area (Å²) in [5, 5.41) is 6.33. The van der Waals surface area contributed by atoms with Crippen molar-refractivity contribution in [2.45, 2.75) is 83.3 Å². The van der Waals surface area contributed by atoms with Crippen LogP contribution in [0.15, 0.2) is 36.4 Å². The summed E-state index contributed by atoms with van der Waals surface area (Å²) in [7, 11) is 0. The molecule has 0 amide bonds. The third kappa shape index (κ3) is 6.50. The monoisotopic (exact) mass is 646 g/mol. The van der Waals surface area contributed by atoms with Gasteiger partial charge in [0.1, 0.15) is 12.4 Å². The number of aromatic nitrogens is 2. The number of benzene rings is 2. The third-order valence-electron chi connectivity index (χ3n) is 10.9. The molecule has 2 aromatic carbocycles. The van der Waals surface area contributed by atoms with E-state index in [2.05, 4.69) is 63.3 Å². The Hall–Kier alpha value is -2.79. The van der Waals surface area contributed by atoms with Gasteiger partial charge in [-0.25, -0.2) is 4.21 Å². The Kier molecular flexibility index (Phi) is 9.50. The number of hydrogen-bond donors (Lipinski definition) is 2. The number of hydrogen-bond acceptors (Lipinski definition) is 8. The van der Waals surface area contributed by atoms with Crippen LogP contribution in [0.3, 0.4) is 0 Å². The summed E-state index contributed by atoms with van der Waals surface area (Å²) >= 11 is -1.76. The van der Waals surface area contributed by atoms with Crippen molar-refractivity contribution in [2.24, 2.45) is 5.92 Å². The summed E-state index contributed by atoms with van der Waals surface area (Å²) in [6, 6.07) is 14.2. The van der Waals surface area contributed by atoms with Crippen molar-refractivity contribution in [3.63, 3.8) is 0 Å². The maximum atomic E-state index is 11.3. The van der Waals surface area contributed by atoms with Crippen molar-refractivity contribution in [1.82, 2.24) is 20.2 Å². The van der Waals surface area contributed by atoms with Crippen molar-refractivity contribution < 1.29 is 13.5 Å². The van der Waals surface area contributed by atoms with E-state index in [1.807, 2.05) is 6.92 Å². The molecule has 3 fully saturated rings. The van der Waals surface area contributed by atoms with Crippen molar-refractivity contribution in [1.29, 1.82) is 0 Å². The average molecular weight is 647 g/mol. The Morgan fingerprint density at radius 3 is 2.65 bits per heavy atom. The highest BCUT2D eigenvalue weighted by Crippen LogP contribution is 2.40. The Bertz CT molecular complexity index is 1550. The Morgan fingerprint density at radius 2 is 1.87 bits per heavy atom. The van der Waals surface area contributed by atoms with Gasteiger partial charge in [0.2, 0.25) is 0 Å². The minimum atomic E-state index is -1.76. The number of nitrogens with zero attached hydrogens (tertiary/aromatic N) is 5. The van der Waals surface area contributed by atoms with Crippen LogP contribution in [0.25, 0.3) is 10.8 Å².